The van der Waals surface area contributed by atoms with Crippen LogP contribution >= 0.6 is 0 Å². The van der Waals surface area contributed by atoms with Crippen molar-refractivity contribution >= 4 is 29.1 Å². The summed E-state index contributed by atoms with van der Waals surface area (Å²) < 4.78 is 4.86. The van der Waals surface area contributed by atoms with Gasteiger partial charge in [-0.3, -0.25) is 9.78 Å². The molecule has 0 amide bonds. The third-order valence-corrected chi connectivity index (χ3v) is 2.58. The molecule has 9 nitrogen and oxygen atoms in total. The van der Waals surface area contributed by atoms with Gasteiger partial charge in [-0.1, -0.05) is 0 Å². The molecule has 2 aromatic rings. The van der Waals surface area contributed by atoms with E-state index in [9.17, 15) is 9.59 Å². The normalized spacial score (nSPS) is 10.8. The Morgan fingerprint density at radius 1 is 1.27 bits per heavy atom. The second-order valence-corrected chi connectivity index (χ2v) is 4.15. The maximum absolute atomic E-state index is 11.6. The van der Waals surface area contributed by atoms with E-state index in [-0.39, 0.29) is 17.5 Å². The largest absolute Gasteiger partial charge is 0.462 e. The Morgan fingerprint density at radius 3 is 2.55 bits per heavy atom. The van der Waals surface area contributed by atoms with Crippen molar-refractivity contribution in [1.82, 2.24) is 9.97 Å². The van der Waals surface area contributed by atoms with Crippen molar-refractivity contribution in [3.8, 4) is 0 Å². The first-order chi connectivity index (χ1) is 10.5. The SMILES string of the molecule is CCOC(=O)c1ccc(N=Nc2c(N)nc(N)[nH]c2=O)cc1. The highest BCUT2D eigenvalue weighted by Gasteiger charge is 2.07. The van der Waals surface area contributed by atoms with Crippen LogP contribution in [-0.4, -0.2) is 22.5 Å². The van der Waals surface area contributed by atoms with E-state index in [2.05, 4.69) is 20.2 Å². The highest BCUT2D eigenvalue weighted by Crippen LogP contribution is 2.19. The zero-order valence-corrected chi connectivity index (χ0v) is 11.7. The second kappa shape index (κ2) is 6.48. The molecule has 2 rings (SSSR count). The standard InChI is InChI=1S/C13H14N6O3/c1-2-22-12(21)7-3-5-8(6-4-7)18-19-9-10(14)16-13(15)17-11(9)20/h3-6H,2H2,1H3,(H5,14,15,16,17,20). The summed E-state index contributed by atoms with van der Waals surface area (Å²) >= 11 is 0. The third-order valence-electron chi connectivity index (χ3n) is 2.58. The lowest BCUT2D eigenvalue weighted by atomic mass is 10.2. The first-order valence-corrected chi connectivity index (χ1v) is 6.35. The number of hydrogen-bond donors (Lipinski definition) is 3. The van der Waals surface area contributed by atoms with Crippen LogP contribution in [0.2, 0.25) is 0 Å². The van der Waals surface area contributed by atoms with Crippen molar-refractivity contribution in [1.29, 1.82) is 0 Å². The van der Waals surface area contributed by atoms with Gasteiger partial charge in [0.1, 0.15) is 0 Å². The smallest absolute Gasteiger partial charge is 0.338 e. The van der Waals surface area contributed by atoms with Gasteiger partial charge in [-0.2, -0.15) is 10.1 Å². The fraction of sp³-hybridized carbons (Fsp3) is 0.154. The van der Waals surface area contributed by atoms with Gasteiger partial charge in [-0.25, -0.2) is 4.79 Å². The van der Waals surface area contributed by atoms with Crippen LogP contribution in [0.5, 0.6) is 0 Å². The van der Waals surface area contributed by atoms with Crippen LogP contribution in [0.3, 0.4) is 0 Å². The van der Waals surface area contributed by atoms with Crippen molar-refractivity contribution in [2.45, 2.75) is 6.92 Å². The molecular weight excluding hydrogens is 288 g/mol. The minimum absolute atomic E-state index is 0.0970. The average molecular weight is 302 g/mol. The Hall–Kier alpha value is -3.23. The lowest BCUT2D eigenvalue weighted by Gasteiger charge is -2.01. The predicted octanol–water partition coefficient (Wildman–Crippen LogP) is 1.53. The second-order valence-electron chi connectivity index (χ2n) is 4.15. The quantitative estimate of drug-likeness (QED) is 0.575. The van der Waals surface area contributed by atoms with Crippen LogP contribution in [0.25, 0.3) is 0 Å². The highest BCUT2D eigenvalue weighted by atomic mass is 16.5. The molecule has 1 aromatic carbocycles. The van der Waals surface area contributed by atoms with Crippen molar-refractivity contribution in [2.24, 2.45) is 10.2 Å². The zero-order chi connectivity index (χ0) is 16.1. The number of benzene rings is 1. The predicted molar refractivity (Wildman–Crippen MR) is 80.3 cm³/mol. The zero-order valence-electron chi connectivity index (χ0n) is 11.7. The number of nitrogens with one attached hydrogen (secondary N) is 1. The Labute approximate surface area is 125 Å². The van der Waals surface area contributed by atoms with Gasteiger partial charge in [0.25, 0.3) is 5.56 Å². The van der Waals surface area contributed by atoms with E-state index < -0.39 is 11.5 Å². The number of carbonyl (C=O) groups excluding carboxylic acids is 1. The molecule has 0 bridgehead atoms. The summed E-state index contributed by atoms with van der Waals surface area (Å²) in [4.78, 5) is 29.1. The topological polar surface area (TPSA) is 149 Å². The Bertz CT molecular complexity index is 766. The number of nitrogens with zero attached hydrogens (tertiary/aromatic N) is 3. The lowest BCUT2D eigenvalue weighted by Crippen LogP contribution is -2.12. The van der Waals surface area contributed by atoms with E-state index in [0.717, 1.165) is 0 Å². The number of esters is 1. The molecule has 0 aliphatic rings. The number of aromatic nitrogens is 2. The summed E-state index contributed by atoms with van der Waals surface area (Å²) in [7, 11) is 0. The number of azo groups is 1. The van der Waals surface area contributed by atoms with Crippen LogP contribution < -0.4 is 17.0 Å². The summed E-state index contributed by atoms with van der Waals surface area (Å²) in [6.45, 7) is 2.02. The molecule has 114 valence electrons. The molecule has 5 N–H and O–H groups in total. The summed E-state index contributed by atoms with van der Waals surface area (Å²) in [5.41, 5.74) is 11.0. The Kier molecular flexibility index (Phi) is 4.47. The number of nitrogens with two attached hydrogens (primary N) is 2. The van der Waals surface area contributed by atoms with Gasteiger partial charge in [0, 0.05) is 0 Å². The fourth-order valence-electron chi connectivity index (χ4n) is 1.59. The van der Waals surface area contributed by atoms with Gasteiger partial charge in [-0.15, -0.1) is 5.11 Å². The number of H-pyrrole nitrogens is 1. The molecule has 0 aliphatic carbocycles. The summed E-state index contributed by atoms with van der Waals surface area (Å²) in [6.07, 6.45) is 0. The van der Waals surface area contributed by atoms with E-state index in [0.29, 0.717) is 17.9 Å². The van der Waals surface area contributed by atoms with Gasteiger partial charge in [-0.05, 0) is 31.2 Å². The van der Waals surface area contributed by atoms with E-state index in [1.807, 2.05) is 0 Å². The number of hydrogen-bond acceptors (Lipinski definition) is 8. The van der Waals surface area contributed by atoms with E-state index >= 15 is 0 Å². The number of rotatable bonds is 4. The maximum atomic E-state index is 11.6. The highest BCUT2D eigenvalue weighted by molar-refractivity contribution is 5.89. The molecule has 22 heavy (non-hydrogen) atoms. The number of nitrogen functional groups attached to an aromatic ring is 2. The van der Waals surface area contributed by atoms with Gasteiger partial charge in [0.2, 0.25) is 5.95 Å². The molecule has 0 unspecified atom stereocenters. The van der Waals surface area contributed by atoms with Crippen LogP contribution in [0, 0.1) is 0 Å². The van der Waals surface area contributed by atoms with E-state index in [1.165, 1.54) is 0 Å². The summed E-state index contributed by atoms with van der Waals surface area (Å²) in [6, 6.07) is 6.21. The van der Waals surface area contributed by atoms with E-state index in [4.69, 9.17) is 16.2 Å². The molecular formula is C13H14N6O3. The number of carbonyl (C=O) groups is 1. The number of ether oxygens (including phenoxy) is 1. The molecule has 0 aliphatic heterocycles. The summed E-state index contributed by atoms with van der Waals surface area (Å²) in [5, 5.41) is 7.62. The Morgan fingerprint density at radius 2 is 1.95 bits per heavy atom. The molecule has 0 atom stereocenters. The summed E-state index contributed by atoms with van der Waals surface area (Å²) in [5.74, 6) is -0.636. The molecule has 1 aromatic heterocycles. The molecule has 0 spiro atoms. The van der Waals surface area contributed by atoms with Crippen molar-refractivity contribution in [3.63, 3.8) is 0 Å². The Balaban J connectivity index is 2.21. The molecule has 0 saturated carbocycles. The van der Waals surface area contributed by atoms with Crippen molar-refractivity contribution in [3.05, 3.63) is 40.2 Å². The number of aromatic amines is 1. The third kappa shape index (κ3) is 3.45. The van der Waals surface area contributed by atoms with Crippen LogP contribution in [0.15, 0.2) is 39.3 Å². The van der Waals surface area contributed by atoms with Gasteiger partial charge in [0.05, 0.1) is 17.9 Å². The van der Waals surface area contributed by atoms with Gasteiger partial charge in [0.15, 0.2) is 11.5 Å². The fourth-order valence-corrected chi connectivity index (χ4v) is 1.59. The number of anilines is 2. The van der Waals surface area contributed by atoms with Crippen LogP contribution in [-0.2, 0) is 4.74 Å². The van der Waals surface area contributed by atoms with Gasteiger partial charge < -0.3 is 16.2 Å². The minimum Gasteiger partial charge on any atom is -0.462 e. The molecule has 0 fully saturated rings. The maximum Gasteiger partial charge on any atom is 0.338 e. The van der Waals surface area contributed by atoms with Crippen molar-refractivity contribution in [2.75, 3.05) is 18.1 Å². The van der Waals surface area contributed by atoms with Crippen LogP contribution in [0.1, 0.15) is 17.3 Å². The molecule has 0 radical (unpaired) electrons. The lowest BCUT2D eigenvalue weighted by molar-refractivity contribution is 0.0526. The molecule has 9 heteroatoms. The molecule has 0 saturated heterocycles. The first-order valence-electron chi connectivity index (χ1n) is 6.35. The average Bonchev–Trinajstić information content (AvgIpc) is 2.47. The van der Waals surface area contributed by atoms with Gasteiger partial charge >= 0.3 is 5.97 Å². The monoisotopic (exact) mass is 302 g/mol. The van der Waals surface area contributed by atoms with E-state index in [1.54, 1.807) is 31.2 Å². The van der Waals surface area contributed by atoms with Crippen LogP contribution in [0.4, 0.5) is 23.1 Å². The van der Waals surface area contributed by atoms with Crippen molar-refractivity contribution < 1.29 is 9.53 Å². The first kappa shape index (κ1) is 15.2. The minimum atomic E-state index is -0.586. The molecule has 1 heterocycles.